The van der Waals surface area contributed by atoms with E-state index in [1.165, 1.54) is 5.39 Å². The van der Waals surface area contributed by atoms with Crippen LogP contribution in [0, 0.1) is 0 Å². The molecule has 1 aromatic heterocycles. The Hall–Kier alpha value is -2.39. The fraction of sp³-hybridized carbons (Fsp3) is 0.118. The van der Waals surface area contributed by atoms with E-state index in [1.54, 1.807) is 6.20 Å². The number of rotatable bonds is 4. The van der Waals surface area contributed by atoms with Gasteiger partial charge in [0.1, 0.15) is 5.75 Å². The van der Waals surface area contributed by atoms with Crippen molar-refractivity contribution < 1.29 is 4.74 Å². The second kappa shape index (κ2) is 5.72. The predicted molar refractivity (Wildman–Crippen MR) is 81.0 cm³/mol. The van der Waals surface area contributed by atoms with Gasteiger partial charge in [0.25, 0.3) is 0 Å². The molecule has 0 unspecified atom stereocenters. The minimum Gasteiger partial charge on any atom is -0.439 e. The van der Waals surface area contributed by atoms with Crippen LogP contribution < -0.4 is 10.5 Å². The van der Waals surface area contributed by atoms with Crippen LogP contribution in [0.2, 0.25) is 0 Å². The molecule has 0 radical (unpaired) electrons. The molecule has 0 aliphatic rings. The van der Waals surface area contributed by atoms with E-state index in [0.717, 1.165) is 23.1 Å². The van der Waals surface area contributed by atoms with Crippen molar-refractivity contribution in [3.8, 4) is 11.6 Å². The Morgan fingerprint density at radius 3 is 2.65 bits per heavy atom. The van der Waals surface area contributed by atoms with Gasteiger partial charge in [0.05, 0.1) is 0 Å². The first kappa shape index (κ1) is 12.6. The van der Waals surface area contributed by atoms with Crippen molar-refractivity contribution in [2.45, 2.75) is 6.42 Å². The van der Waals surface area contributed by atoms with Crippen LogP contribution in [0.15, 0.2) is 60.8 Å². The van der Waals surface area contributed by atoms with Crippen molar-refractivity contribution >= 4 is 10.8 Å². The molecule has 0 saturated heterocycles. The van der Waals surface area contributed by atoms with E-state index in [1.807, 2.05) is 36.4 Å². The molecule has 0 aliphatic carbocycles. The van der Waals surface area contributed by atoms with Crippen LogP contribution in [-0.4, -0.2) is 11.5 Å². The van der Waals surface area contributed by atoms with Crippen molar-refractivity contribution in [2.75, 3.05) is 6.54 Å². The van der Waals surface area contributed by atoms with Crippen molar-refractivity contribution in [1.29, 1.82) is 0 Å². The highest BCUT2D eigenvalue weighted by Gasteiger charge is 2.05. The molecule has 0 fully saturated rings. The van der Waals surface area contributed by atoms with Crippen molar-refractivity contribution in [3.63, 3.8) is 0 Å². The zero-order chi connectivity index (χ0) is 13.8. The number of hydrogen-bond acceptors (Lipinski definition) is 3. The molecule has 2 N–H and O–H groups in total. The summed E-state index contributed by atoms with van der Waals surface area (Å²) in [6.45, 7) is 0.583. The monoisotopic (exact) mass is 264 g/mol. The largest absolute Gasteiger partial charge is 0.439 e. The van der Waals surface area contributed by atoms with Gasteiger partial charge in [-0.05, 0) is 41.9 Å². The Morgan fingerprint density at radius 1 is 0.950 bits per heavy atom. The second-order valence-electron chi connectivity index (χ2n) is 4.62. The summed E-state index contributed by atoms with van der Waals surface area (Å²) in [6.07, 6.45) is 2.49. The Balaban J connectivity index is 1.93. The van der Waals surface area contributed by atoms with Gasteiger partial charge in [0.2, 0.25) is 5.88 Å². The predicted octanol–water partition coefficient (Wildman–Crippen LogP) is 3.53. The van der Waals surface area contributed by atoms with E-state index in [9.17, 15) is 0 Å². The van der Waals surface area contributed by atoms with E-state index < -0.39 is 0 Å². The fourth-order valence-electron chi connectivity index (χ4n) is 2.20. The highest BCUT2D eigenvalue weighted by Crippen LogP contribution is 2.26. The number of ether oxygens (including phenoxy) is 1. The van der Waals surface area contributed by atoms with Gasteiger partial charge in [-0.25, -0.2) is 4.98 Å². The number of hydrogen-bond donors (Lipinski definition) is 1. The molecule has 3 rings (SSSR count). The second-order valence-corrected chi connectivity index (χ2v) is 4.62. The zero-order valence-electron chi connectivity index (χ0n) is 11.1. The fourth-order valence-corrected chi connectivity index (χ4v) is 2.20. The van der Waals surface area contributed by atoms with Crippen LogP contribution >= 0.6 is 0 Å². The number of benzene rings is 2. The van der Waals surface area contributed by atoms with Gasteiger partial charge in [0, 0.05) is 11.8 Å². The van der Waals surface area contributed by atoms with Crippen LogP contribution in [0.1, 0.15) is 5.56 Å². The molecule has 2 aromatic carbocycles. The molecule has 3 heteroatoms. The molecule has 0 amide bonds. The molecule has 20 heavy (non-hydrogen) atoms. The maximum absolute atomic E-state index is 5.90. The van der Waals surface area contributed by atoms with E-state index in [-0.39, 0.29) is 0 Å². The smallest absolute Gasteiger partial charge is 0.222 e. The van der Waals surface area contributed by atoms with Gasteiger partial charge < -0.3 is 10.5 Å². The molecule has 0 saturated carbocycles. The maximum atomic E-state index is 5.90. The number of fused-ring (bicyclic) bond motifs is 1. The third-order valence-electron chi connectivity index (χ3n) is 3.20. The molecular formula is C17H16N2O. The lowest BCUT2D eigenvalue weighted by atomic mass is 10.1. The minimum atomic E-state index is 0.583. The number of nitrogens with zero attached hydrogens (tertiary/aromatic N) is 1. The number of aromatic nitrogens is 1. The summed E-state index contributed by atoms with van der Waals surface area (Å²) in [4.78, 5) is 4.29. The molecule has 0 aliphatic heterocycles. The molecule has 0 spiro atoms. The lowest BCUT2D eigenvalue weighted by Gasteiger charge is -2.09. The zero-order valence-corrected chi connectivity index (χ0v) is 11.1. The number of nitrogens with two attached hydrogens (primary N) is 1. The highest BCUT2D eigenvalue weighted by molar-refractivity contribution is 5.83. The molecule has 0 bridgehead atoms. The molecule has 0 atom stereocenters. The van der Waals surface area contributed by atoms with E-state index in [2.05, 4.69) is 23.2 Å². The summed E-state index contributed by atoms with van der Waals surface area (Å²) in [7, 11) is 0. The van der Waals surface area contributed by atoms with Crippen LogP contribution in [0.25, 0.3) is 10.8 Å². The maximum Gasteiger partial charge on any atom is 0.222 e. The third-order valence-corrected chi connectivity index (χ3v) is 3.20. The Bertz CT molecular complexity index is 725. The first-order chi connectivity index (χ1) is 9.86. The molecule has 1 heterocycles. The van der Waals surface area contributed by atoms with E-state index >= 15 is 0 Å². The Labute approximate surface area is 118 Å². The molecule has 3 nitrogen and oxygen atoms in total. The topological polar surface area (TPSA) is 48.1 Å². The SMILES string of the molecule is NCCc1cccnc1Oc1ccc2ccccc2c1. The first-order valence-corrected chi connectivity index (χ1v) is 6.67. The third kappa shape index (κ3) is 2.63. The standard InChI is InChI=1S/C17H16N2O/c18-10-9-14-6-3-11-19-17(14)20-16-8-7-13-4-1-2-5-15(13)12-16/h1-8,11-12H,9-10,18H2. The summed E-state index contributed by atoms with van der Waals surface area (Å²) in [5, 5.41) is 2.35. The Morgan fingerprint density at radius 2 is 1.80 bits per heavy atom. The van der Waals surface area contributed by atoms with Gasteiger partial charge in [-0.3, -0.25) is 0 Å². The van der Waals surface area contributed by atoms with Gasteiger partial charge in [-0.1, -0.05) is 36.4 Å². The van der Waals surface area contributed by atoms with Crippen molar-refractivity contribution in [2.24, 2.45) is 5.73 Å². The molecular weight excluding hydrogens is 248 g/mol. The summed E-state index contributed by atoms with van der Waals surface area (Å²) < 4.78 is 5.90. The average molecular weight is 264 g/mol. The molecule has 3 aromatic rings. The van der Waals surface area contributed by atoms with Crippen LogP contribution in [0.4, 0.5) is 0 Å². The van der Waals surface area contributed by atoms with Gasteiger partial charge in [-0.2, -0.15) is 0 Å². The Kier molecular flexibility index (Phi) is 3.61. The number of pyridine rings is 1. The first-order valence-electron chi connectivity index (χ1n) is 6.67. The summed E-state index contributed by atoms with van der Waals surface area (Å²) >= 11 is 0. The quantitative estimate of drug-likeness (QED) is 0.784. The van der Waals surface area contributed by atoms with Gasteiger partial charge in [0.15, 0.2) is 0 Å². The van der Waals surface area contributed by atoms with Gasteiger partial charge in [-0.15, -0.1) is 0 Å². The lowest BCUT2D eigenvalue weighted by molar-refractivity contribution is 0.457. The van der Waals surface area contributed by atoms with Crippen LogP contribution in [0.5, 0.6) is 11.6 Å². The van der Waals surface area contributed by atoms with Crippen molar-refractivity contribution in [1.82, 2.24) is 4.98 Å². The van der Waals surface area contributed by atoms with E-state index in [0.29, 0.717) is 12.4 Å². The van der Waals surface area contributed by atoms with E-state index in [4.69, 9.17) is 10.5 Å². The minimum absolute atomic E-state index is 0.583. The van der Waals surface area contributed by atoms with Crippen LogP contribution in [0.3, 0.4) is 0 Å². The highest BCUT2D eigenvalue weighted by atomic mass is 16.5. The summed E-state index contributed by atoms with van der Waals surface area (Å²) in [5.74, 6) is 1.42. The van der Waals surface area contributed by atoms with Crippen LogP contribution in [-0.2, 0) is 6.42 Å². The summed E-state index contributed by atoms with van der Waals surface area (Å²) in [6, 6.07) is 18.1. The lowest BCUT2D eigenvalue weighted by Crippen LogP contribution is -2.04. The average Bonchev–Trinajstić information content (AvgIpc) is 2.49. The normalized spacial score (nSPS) is 10.7. The summed E-state index contributed by atoms with van der Waals surface area (Å²) in [5.41, 5.74) is 6.64. The molecule has 100 valence electrons. The van der Waals surface area contributed by atoms with Gasteiger partial charge >= 0.3 is 0 Å². The van der Waals surface area contributed by atoms with Crippen molar-refractivity contribution in [3.05, 3.63) is 66.4 Å².